The van der Waals surface area contributed by atoms with E-state index in [4.69, 9.17) is 10.00 Å². The Labute approximate surface area is 92.6 Å². The summed E-state index contributed by atoms with van der Waals surface area (Å²) in [4.78, 5) is 0. The first-order chi connectivity index (χ1) is 7.54. The minimum atomic E-state index is -4.45. The van der Waals surface area contributed by atoms with Gasteiger partial charge in [0.15, 0.2) is 5.92 Å². The molecule has 0 aromatic rings. The Morgan fingerprint density at radius 2 is 2.19 bits per heavy atom. The zero-order chi connectivity index (χ0) is 12.0. The quantitative estimate of drug-likeness (QED) is 0.810. The average molecular weight is 236 g/mol. The Bertz CT molecular complexity index is 243. The van der Waals surface area contributed by atoms with Gasteiger partial charge in [0.1, 0.15) is 0 Å². The maximum atomic E-state index is 12.2. The molecule has 0 saturated carbocycles. The topological polar surface area (TPSA) is 45.0 Å². The molecule has 0 aliphatic carbocycles. The van der Waals surface area contributed by atoms with Crippen molar-refractivity contribution in [3.63, 3.8) is 0 Å². The van der Waals surface area contributed by atoms with Crippen LogP contribution in [0.2, 0.25) is 0 Å². The Morgan fingerprint density at radius 3 is 2.69 bits per heavy atom. The molecule has 6 heteroatoms. The summed E-state index contributed by atoms with van der Waals surface area (Å²) in [5.74, 6) is -1.93. The van der Waals surface area contributed by atoms with Crippen molar-refractivity contribution < 1.29 is 17.9 Å². The maximum Gasteiger partial charge on any atom is 0.405 e. The highest BCUT2D eigenvalue weighted by molar-refractivity contribution is 4.90. The van der Waals surface area contributed by atoms with E-state index < -0.39 is 12.1 Å². The van der Waals surface area contributed by atoms with Crippen LogP contribution >= 0.6 is 0 Å². The van der Waals surface area contributed by atoms with Crippen LogP contribution in [0.25, 0.3) is 0 Å². The molecule has 1 saturated heterocycles. The molecule has 1 fully saturated rings. The summed E-state index contributed by atoms with van der Waals surface area (Å²) in [5, 5.41) is 11.0. The molecular formula is C10H15F3N2O. The normalized spacial score (nSPS) is 23.8. The van der Waals surface area contributed by atoms with Crippen molar-refractivity contribution in [1.29, 1.82) is 5.26 Å². The van der Waals surface area contributed by atoms with Gasteiger partial charge < -0.3 is 10.1 Å². The lowest BCUT2D eigenvalue weighted by Gasteiger charge is -2.23. The molecule has 0 radical (unpaired) electrons. The number of rotatable bonds is 4. The SMILES string of the molecule is N#CC(CNCC1CCCCO1)C(F)(F)F. The highest BCUT2D eigenvalue weighted by Gasteiger charge is 2.39. The molecule has 0 spiro atoms. The molecule has 2 unspecified atom stereocenters. The number of nitrogens with zero attached hydrogens (tertiary/aromatic N) is 1. The number of halogens is 3. The minimum absolute atomic E-state index is 0.0127. The lowest BCUT2D eigenvalue weighted by atomic mass is 10.1. The van der Waals surface area contributed by atoms with Crippen LogP contribution < -0.4 is 5.32 Å². The van der Waals surface area contributed by atoms with Gasteiger partial charge in [-0.15, -0.1) is 0 Å². The van der Waals surface area contributed by atoms with E-state index in [1.165, 1.54) is 6.07 Å². The second-order valence-corrected chi connectivity index (χ2v) is 3.87. The second kappa shape index (κ2) is 6.06. The molecule has 2 atom stereocenters. The first kappa shape index (κ1) is 13.3. The molecular weight excluding hydrogens is 221 g/mol. The van der Waals surface area contributed by atoms with Crippen LogP contribution in [0.15, 0.2) is 0 Å². The number of alkyl halides is 3. The monoisotopic (exact) mass is 236 g/mol. The van der Waals surface area contributed by atoms with E-state index in [1.54, 1.807) is 0 Å². The van der Waals surface area contributed by atoms with Crippen LogP contribution in [0.1, 0.15) is 19.3 Å². The number of hydrogen-bond donors (Lipinski definition) is 1. The Balaban J connectivity index is 2.21. The summed E-state index contributed by atoms with van der Waals surface area (Å²) in [5.41, 5.74) is 0. The van der Waals surface area contributed by atoms with Gasteiger partial charge in [0.2, 0.25) is 0 Å². The van der Waals surface area contributed by atoms with Crippen molar-refractivity contribution in [3.05, 3.63) is 0 Å². The summed E-state index contributed by atoms with van der Waals surface area (Å²) >= 11 is 0. The molecule has 0 amide bonds. The summed E-state index contributed by atoms with van der Waals surface area (Å²) in [6, 6.07) is 1.25. The van der Waals surface area contributed by atoms with Gasteiger partial charge in [-0.1, -0.05) is 0 Å². The second-order valence-electron chi connectivity index (χ2n) is 3.87. The summed E-state index contributed by atoms with van der Waals surface area (Å²) in [7, 11) is 0. The van der Waals surface area contributed by atoms with Gasteiger partial charge in [-0.2, -0.15) is 18.4 Å². The smallest absolute Gasteiger partial charge is 0.377 e. The van der Waals surface area contributed by atoms with E-state index in [9.17, 15) is 13.2 Å². The van der Waals surface area contributed by atoms with Crippen molar-refractivity contribution in [2.75, 3.05) is 19.7 Å². The van der Waals surface area contributed by atoms with Gasteiger partial charge in [-0.25, -0.2) is 0 Å². The van der Waals surface area contributed by atoms with Crippen molar-refractivity contribution in [1.82, 2.24) is 5.32 Å². The van der Waals surface area contributed by atoms with Crippen molar-refractivity contribution in [2.45, 2.75) is 31.5 Å². The van der Waals surface area contributed by atoms with E-state index >= 15 is 0 Å². The molecule has 0 aromatic heterocycles. The first-order valence-corrected chi connectivity index (χ1v) is 5.32. The molecule has 1 aliphatic heterocycles. The van der Waals surface area contributed by atoms with Crippen molar-refractivity contribution >= 4 is 0 Å². The lowest BCUT2D eigenvalue weighted by molar-refractivity contribution is -0.158. The Kier molecular flexibility index (Phi) is 5.03. The third-order valence-corrected chi connectivity index (χ3v) is 2.55. The van der Waals surface area contributed by atoms with Gasteiger partial charge >= 0.3 is 6.18 Å². The van der Waals surface area contributed by atoms with Crippen LogP contribution in [-0.4, -0.2) is 32.0 Å². The molecule has 16 heavy (non-hydrogen) atoms. The summed E-state index contributed by atoms with van der Waals surface area (Å²) in [6.45, 7) is 0.696. The predicted molar refractivity (Wildman–Crippen MR) is 51.6 cm³/mol. The standard InChI is InChI=1S/C10H15F3N2O/c11-10(12,13)8(5-14)6-15-7-9-3-1-2-4-16-9/h8-9,15H,1-4,6-7H2. The van der Waals surface area contributed by atoms with Gasteiger partial charge in [0.25, 0.3) is 0 Å². The third-order valence-electron chi connectivity index (χ3n) is 2.55. The molecule has 1 heterocycles. The molecule has 1 N–H and O–H groups in total. The van der Waals surface area contributed by atoms with Crippen LogP contribution in [0.3, 0.4) is 0 Å². The molecule has 3 nitrogen and oxygen atoms in total. The van der Waals surface area contributed by atoms with Gasteiger partial charge in [-0.05, 0) is 19.3 Å². The van der Waals surface area contributed by atoms with Crippen molar-refractivity contribution in [2.24, 2.45) is 5.92 Å². The van der Waals surface area contributed by atoms with Crippen LogP contribution in [0, 0.1) is 17.2 Å². The van der Waals surface area contributed by atoms with E-state index in [1.807, 2.05) is 0 Å². The highest BCUT2D eigenvalue weighted by atomic mass is 19.4. The third kappa shape index (κ3) is 4.37. The van der Waals surface area contributed by atoms with Gasteiger partial charge in [0.05, 0.1) is 12.2 Å². The van der Waals surface area contributed by atoms with E-state index in [-0.39, 0.29) is 12.6 Å². The fourth-order valence-corrected chi connectivity index (χ4v) is 1.59. The maximum absolute atomic E-state index is 12.2. The number of nitriles is 1. The minimum Gasteiger partial charge on any atom is -0.377 e. The van der Waals surface area contributed by atoms with Gasteiger partial charge in [-0.3, -0.25) is 0 Å². The van der Waals surface area contributed by atoms with Crippen LogP contribution in [0.5, 0.6) is 0 Å². The zero-order valence-electron chi connectivity index (χ0n) is 8.89. The molecule has 92 valence electrons. The number of nitrogens with one attached hydrogen (secondary N) is 1. The van der Waals surface area contributed by atoms with Gasteiger partial charge in [0, 0.05) is 19.7 Å². The Hall–Kier alpha value is -0.800. The van der Waals surface area contributed by atoms with E-state index in [0.29, 0.717) is 13.2 Å². The molecule has 1 aliphatic rings. The number of hydrogen-bond acceptors (Lipinski definition) is 3. The fourth-order valence-electron chi connectivity index (χ4n) is 1.59. The summed E-state index contributed by atoms with van der Waals surface area (Å²) in [6.07, 6.45) is -1.53. The van der Waals surface area contributed by atoms with Crippen molar-refractivity contribution in [3.8, 4) is 6.07 Å². The van der Waals surface area contributed by atoms with Crippen LogP contribution in [0.4, 0.5) is 13.2 Å². The highest BCUT2D eigenvalue weighted by Crippen LogP contribution is 2.24. The average Bonchev–Trinajstić information content (AvgIpc) is 2.24. The van der Waals surface area contributed by atoms with E-state index in [2.05, 4.69) is 5.32 Å². The largest absolute Gasteiger partial charge is 0.405 e. The Morgan fingerprint density at radius 1 is 1.44 bits per heavy atom. The first-order valence-electron chi connectivity index (χ1n) is 5.32. The fraction of sp³-hybridized carbons (Fsp3) is 0.900. The lowest BCUT2D eigenvalue weighted by Crippen LogP contribution is -2.38. The predicted octanol–water partition coefficient (Wildman–Crippen LogP) is 1.85. The van der Waals surface area contributed by atoms with E-state index in [0.717, 1.165) is 19.3 Å². The van der Waals surface area contributed by atoms with Crippen LogP contribution in [-0.2, 0) is 4.74 Å². The molecule has 0 bridgehead atoms. The molecule has 1 rings (SSSR count). The summed E-state index contributed by atoms with van der Waals surface area (Å²) < 4.78 is 41.9. The molecule has 0 aromatic carbocycles. The number of ether oxygens (including phenoxy) is 1. The zero-order valence-corrected chi connectivity index (χ0v) is 8.89.